The van der Waals surface area contributed by atoms with Crippen LogP contribution in [0.15, 0.2) is 53.4 Å². The fourth-order valence-electron chi connectivity index (χ4n) is 5.17. The summed E-state index contributed by atoms with van der Waals surface area (Å²) in [5, 5.41) is 7.14. The standard InChI is InChI=1S/C31H42N2O3S/c1-7-9-15-32-30-21(3)17-25(18-22(30)4)29(27-13-11-12-14-28(27)37(34,35)36)26-19-23(5)31(24(6)20-26)33-16-10-8-2/h11-14,17-20,29,32-33H,7-10,15-16H2,1-6H3,(H,34,35,36). The second-order valence-corrected chi connectivity index (χ2v) is 11.5. The smallest absolute Gasteiger partial charge is 0.294 e. The number of unbranched alkanes of at least 4 members (excludes halogenated alkanes) is 2. The summed E-state index contributed by atoms with van der Waals surface area (Å²) in [5.74, 6) is -0.359. The zero-order chi connectivity index (χ0) is 27.2. The molecule has 0 bridgehead atoms. The summed E-state index contributed by atoms with van der Waals surface area (Å²) < 4.78 is 35.0. The Bertz CT molecular complexity index is 1220. The minimum Gasteiger partial charge on any atom is -0.385 e. The Balaban J connectivity index is 2.21. The molecule has 3 rings (SSSR count). The highest BCUT2D eigenvalue weighted by atomic mass is 32.2. The molecule has 0 aliphatic carbocycles. The van der Waals surface area contributed by atoms with Crippen LogP contribution in [0.25, 0.3) is 0 Å². The normalized spacial score (nSPS) is 11.7. The number of anilines is 2. The molecule has 0 spiro atoms. The van der Waals surface area contributed by atoms with Gasteiger partial charge in [0.1, 0.15) is 0 Å². The minimum atomic E-state index is -4.41. The molecule has 0 heterocycles. The van der Waals surface area contributed by atoms with Gasteiger partial charge in [0.25, 0.3) is 10.1 Å². The fourth-order valence-corrected chi connectivity index (χ4v) is 5.91. The lowest BCUT2D eigenvalue weighted by atomic mass is 9.82. The van der Waals surface area contributed by atoms with Gasteiger partial charge in [-0.05, 0) is 85.5 Å². The average Bonchev–Trinajstić information content (AvgIpc) is 2.82. The SMILES string of the molecule is CCCCNc1c(C)cc(C(c2cc(C)c(NCCCC)c(C)c2)c2ccccc2S(=O)(=O)O)cc1C. The third-order valence-corrected chi connectivity index (χ3v) is 7.88. The molecule has 0 aliphatic heterocycles. The van der Waals surface area contributed by atoms with Crippen LogP contribution in [0.5, 0.6) is 0 Å². The maximum Gasteiger partial charge on any atom is 0.294 e. The van der Waals surface area contributed by atoms with E-state index in [0.717, 1.165) is 83.5 Å². The molecule has 0 saturated carbocycles. The van der Waals surface area contributed by atoms with E-state index >= 15 is 0 Å². The van der Waals surface area contributed by atoms with Gasteiger partial charge in [0.05, 0.1) is 4.90 Å². The number of benzene rings is 3. The predicted molar refractivity (Wildman–Crippen MR) is 156 cm³/mol. The van der Waals surface area contributed by atoms with Gasteiger partial charge in [0, 0.05) is 30.4 Å². The Labute approximate surface area is 223 Å². The highest BCUT2D eigenvalue weighted by molar-refractivity contribution is 7.85. The lowest BCUT2D eigenvalue weighted by Gasteiger charge is -2.25. The molecule has 37 heavy (non-hydrogen) atoms. The van der Waals surface area contributed by atoms with E-state index in [2.05, 4.69) is 76.4 Å². The fraction of sp³-hybridized carbons (Fsp3) is 0.419. The molecule has 3 aromatic carbocycles. The van der Waals surface area contributed by atoms with Crippen molar-refractivity contribution >= 4 is 21.5 Å². The van der Waals surface area contributed by atoms with E-state index in [9.17, 15) is 13.0 Å². The van der Waals surface area contributed by atoms with Gasteiger partial charge in [-0.2, -0.15) is 8.42 Å². The molecule has 0 radical (unpaired) electrons. The van der Waals surface area contributed by atoms with Crippen molar-refractivity contribution in [1.29, 1.82) is 0 Å². The molecule has 6 heteroatoms. The first-order chi connectivity index (χ1) is 17.6. The Kier molecular flexibility index (Phi) is 9.80. The number of aryl methyl sites for hydroxylation is 4. The Morgan fingerprint density at radius 3 is 1.51 bits per heavy atom. The zero-order valence-electron chi connectivity index (χ0n) is 23.1. The van der Waals surface area contributed by atoms with E-state index in [1.807, 2.05) is 12.1 Å². The van der Waals surface area contributed by atoms with Crippen LogP contribution in [-0.4, -0.2) is 26.1 Å². The van der Waals surface area contributed by atoms with Crippen LogP contribution in [0.2, 0.25) is 0 Å². The Morgan fingerprint density at radius 2 is 1.14 bits per heavy atom. The van der Waals surface area contributed by atoms with E-state index in [1.165, 1.54) is 6.07 Å². The van der Waals surface area contributed by atoms with Crippen molar-refractivity contribution < 1.29 is 13.0 Å². The zero-order valence-corrected chi connectivity index (χ0v) is 23.9. The second-order valence-electron chi connectivity index (χ2n) is 10.1. The molecule has 0 aliphatic rings. The Hall–Kier alpha value is -2.83. The maximum atomic E-state index is 12.4. The monoisotopic (exact) mass is 522 g/mol. The van der Waals surface area contributed by atoms with E-state index < -0.39 is 10.1 Å². The van der Waals surface area contributed by atoms with Crippen LogP contribution in [0.4, 0.5) is 11.4 Å². The lowest BCUT2D eigenvalue weighted by Crippen LogP contribution is -2.13. The van der Waals surface area contributed by atoms with Gasteiger partial charge in [-0.25, -0.2) is 0 Å². The molecule has 0 unspecified atom stereocenters. The average molecular weight is 523 g/mol. The number of rotatable bonds is 12. The number of nitrogens with one attached hydrogen (secondary N) is 2. The predicted octanol–water partition coefficient (Wildman–Crippen LogP) is 7.77. The number of hydrogen-bond acceptors (Lipinski definition) is 4. The van der Waals surface area contributed by atoms with Crippen LogP contribution in [0.1, 0.15) is 84.4 Å². The summed E-state index contributed by atoms with van der Waals surface area (Å²) in [5.41, 5.74) is 9.29. The van der Waals surface area contributed by atoms with Crippen molar-refractivity contribution in [3.05, 3.63) is 87.5 Å². The summed E-state index contributed by atoms with van der Waals surface area (Å²) in [6.45, 7) is 14.5. The van der Waals surface area contributed by atoms with Crippen LogP contribution in [0.3, 0.4) is 0 Å². The van der Waals surface area contributed by atoms with Gasteiger partial charge in [0.2, 0.25) is 0 Å². The van der Waals surface area contributed by atoms with E-state index in [4.69, 9.17) is 0 Å². The van der Waals surface area contributed by atoms with Crippen LogP contribution in [-0.2, 0) is 10.1 Å². The molecular formula is C31H42N2O3S. The highest BCUT2D eigenvalue weighted by Crippen LogP contribution is 2.40. The van der Waals surface area contributed by atoms with Gasteiger partial charge in [-0.3, -0.25) is 4.55 Å². The summed E-state index contributed by atoms with van der Waals surface area (Å²) >= 11 is 0. The van der Waals surface area contributed by atoms with Gasteiger partial charge < -0.3 is 10.6 Å². The summed E-state index contributed by atoms with van der Waals surface area (Å²) in [6.07, 6.45) is 4.45. The minimum absolute atomic E-state index is 0.0547. The van der Waals surface area contributed by atoms with Crippen LogP contribution in [0, 0.1) is 27.7 Å². The van der Waals surface area contributed by atoms with Crippen molar-refractivity contribution in [3.8, 4) is 0 Å². The van der Waals surface area contributed by atoms with Crippen LogP contribution < -0.4 is 10.6 Å². The van der Waals surface area contributed by atoms with Gasteiger partial charge in [0.15, 0.2) is 0 Å². The van der Waals surface area contributed by atoms with E-state index in [1.54, 1.807) is 6.07 Å². The first-order valence-corrected chi connectivity index (χ1v) is 14.8. The molecule has 3 N–H and O–H groups in total. The molecule has 200 valence electrons. The second kappa shape index (κ2) is 12.6. The third-order valence-electron chi connectivity index (χ3n) is 6.95. The maximum absolute atomic E-state index is 12.4. The van der Waals surface area contributed by atoms with Gasteiger partial charge >= 0.3 is 0 Å². The Morgan fingerprint density at radius 1 is 0.730 bits per heavy atom. The van der Waals surface area contributed by atoms with Gasteiger partial charge in [-0.1, -0.05) is 69.2 Å². The quantitative estimate of drug-likeness (QED) is 0.129. The van der Waals surface area contributed by atoms with Crippen molar-refractivity contribution in [2.24, 2.45) is 0 Å². The molecule has 0 atom stereocenters. The van der Waals surface area contributed by atoms with Crippen molar-refractivity contribution in [3.63, 3.8) is 0 Å². The topological polar surface area (TPSA) is 78.4 Å². The van der Waals surface area contributed by atoms with E-state index in [0.29, 0.717) is 5.56 Å². The highest BCUT2D eigenvalue weighted by Gasteiger charge is 2.26. The molecule has 0 fully saturated rings. The van der Waals surface area contributed by atoms with Crippen molar-refractivity contribution in [2.75, 3.05) is 23.7 Å². The third kappa shape index (κ3) is 6.93. The molecule has 0 amide bonds. The summed E-state index contributed by atoms with van der Waals surface area (Å²) in [7, 11) is -4.41. The van der Waals surface area contributed by atoms with Crippen molar-refractivity contribution in [2.45, 2.75) is 78.0 Å². The molecule has 0 saturated heterocycles. The molecular weight excluding hydrogens is 480 g/mol. The van der Waals surface area contributed by atoms with Gasteiger partial charge in [-0.15, -0.1) is 0 Å². The molecule has 5 nitrogen and oxygen atoms in total. The first kappa shape index (κ1) is 28.7. The summed E-state index contributed by atoms with van der Waals surface area (Å²) in [6, 6.07) is 15.4. The van der Waals surface area contributed by atoms with E-state index in [-0.39, 0.29) is 10.8 Å². The lowest BCUT2D eigenvalue weighted by molar-refractivity contribution is 0.482. The largest absolute Gasteiger partial charge is 0.385 e. The van der Waals surface area contributed by atoms with Crippen LogP contribution >= 0.6 is 0 Å². The first-order valence-electron chi connectivity index (χ1n) is 13.3. The summed E-state index contributed by atoms with van der Waals surface area (Å²) in [4.78, 5) is -0.0547. The molecule has 0 aromatic heterocycles. The van der Waals surface area contributed by atoms with Crippen molar-refractivity contribution in [1.82, 2.24) is 0 Å². The molecule has 3 aromatic rings. The number of hydrogen-bond donors (Lipinski definition) is 3.